The number of halogens is 3. The first-order chi connectivity index (χ1) is 13.5. The third-order valence-corrected chi connectivity index (χ3v) is 5.61. The van der Waals surface area contributed by atoms with Gasteiger partial charge in [-0.1, -0.05) is 21.6 Å². The topological polar surface area (TPSA) is 122 Å². The Kier molecular flexibility index (Phi) is 9.81. The third kappa shape index (κ3) is 8.64. The van der Waals surface area contributed by atoms with Crippen molar-refractivity contribution in [3.8, 4) is 0 Å². The van der Waals surface area contributed by atoms with E-state index in [4.69, 9.17) is 15.0 Å². The summed E-state index contributed by atoms with van der Waals surface area (Å²) in [6.07, 6.45) is -1.39. The van der Waals surface area contributed by atoms with Gasteiger partial charge in [0.05, 0.1) is 11.9 Å². The van der Waals surface area contributed by atoms with Gasteiger partial charge in [-0.15, -0.1) is 0 Å². The van der Waals surface area contributed by atoms with Crippen LogP contribution in [-0.2, 0) is 16.6 Å². The molecule has 2 rings (SSSR count). The Balaban J connectivity index is 0.000000516. The van der Waals surface area contributed by atoms with Gasteiger partial charge >= 0.3 is 18.1 Å². The molecule has 0 bridgehead atoms. The van der Waals surface area contributed by atoms with Crippen LogP contribution in [0.4, 0.5) is 13.2 Å². The normalized spacial score (nSPS) is 10.9. The van der Waals surface area contributed by atoms with Crippen LogP contribution in [0.15, 0.2) is 24.5 Å². The number of carbonyl (C=O) groups is 3. The number of amides is 1. The van der Waals surface area contributed by atoms with Crippen LogP contribution in [0.3, 0.4) is 0 Å². The second kappa shape index (κ2) is 11.6. The molecule has 0 fully saturated rings. The van der Waals surface area contributed by atoms with Gasteiger partial charge in [-0.25, -0.2) is 9.78 Å². The average Bonchev–Trinajstić information content (AvgIpc) is 3.01. The van der Waals surface area contributed by atoms with Crippen LogP contribution in [-0.4, -0.2) is 61.8 Å². The SMILES string of the molecule is Cn1ccc2ccnc(C(=O)NCCSSCCC(=O)O)c21.O=C(O)C(F)(F)F. The van der Waals surface area contributed by atoms with Crippen LogP contribution in [0.25, 0.3) is 10.9 Å². The van der Waals surface area contributed by atoms with E-state index in [1.54, 1.807) is 17.0 Å². The van der Waals surface area contributed by atoms with E-state index < -0.39 is 18.1 Å². The maximum absolute atomic E-state index is 12.2. The van der Waals surface area contributed by atoms with Crippen molar-refractivity contribution in [3.63, 3.8) is 0 Å². The molecule has 0 aliphatic rings. The highest BCUT2D eigenvalue weighted by Gasteiger charge is 2.38. The van der Waals surface area contributed by atoms with E-state index in [2.05, 4.69) is 10.3 Å². The monoisotopic (exact) mass is 453 g/mol. The number of alkyl halides is 3. The molecule has 1 amide bonds. The molecule has 0 atom stereocenters. The molecule has 0 unspecified atom stereocenters. The number of nitrogens with one attached hydrogen (secondary N) is 1. The zero-order valence-electron chi connectivity index (χ0n) is 15.1. The van der Waals surface area contributed by atoms with E-state index in [1.807, 2.05) is 29.9 Å². The molecule has 13 heteroatoms. The van der Waals surface area contributed by atoms with E-state index in [0.717, 1.165) is 16.7 Å². The summed E-state index contributed by atoms with van der Waals surface area (Å²) in [5.74, 6) is -2.45. The number of hydrogen-bond acceptors (Lipinski definition) is 6. The van der Waals surface area contributed by atoms with Crippen LogP contribution in [0, 0.1) is 0 Å². The van der Waals surface area contributed by atoms with Gasteiger partial charge in [0.1, 0.15) is 0 Å². The van der Waals surface area contributed by atoms with Gasteiger partial charge in [-0.2, -0.15) is 13.2 Å². The average molecular weight is 453 g/mol. The number of carbonyl (C=O) groups excluding carboxylic acids is 1. The van der Waals surface area contributed by atoms with E-state index >= 15 is 0 Å². The minimum atomic E-state index is -5.08. The van der Waals surface area contributed by atoms with Gasteiger partial charge in [0.15, 0.2) is 5.69 Å². The Bertz CT molecular complexity index is 858. The Labute approximate surface area is 171 Å². The number of aryl methyl sites for hydroxylation is 1. The van der Waals surface area contributed by atoms with Gasteiger partial charge in [0.25, 0.3) is 5.91 Å². The van der Waals surface area contributed by atoms with Crippen LogP contribution in [0.5, 0.6) is 0 Å². The van der Waals surface area contributed by atoms with Crippen molar-refractivity contribution in [1.29, 1.82) is 0 Å². The summed E-state index contributed by atoms with van der Waals surface area (Å²) in [6, 6.07) is 3.82. The standard InChI is InChI=1S/C14H17N3O3S2.C2HF3O2/c1-17-7-3-10-2-5-15-12(13(10)17)14(20)16-6-9-22-21-8-4-11(18)19;3-2(4,5)1(6)7/h2-3,5,7H,4,6,8-9H2,1H3,(H,16,20)(H,18,19);(H,6,7). The Morgan fingerprint density at radius 2 is 1.79 bits per heavy atom. The summed E-state index contributed by atoms with van der Waals surface area (Å²) in [5.41, 5.74) is 1.25. The van der Waals surface area contributed by atoms with Crippen LogP contribution in [0.2, 0.25) is 0 Å². The van der Waals surface area contributed by atoms with Crippen LogP contribution < -0.4 is 5.32 Å². The van der Waals surface area contributed by atoms with Crippen molar-refractivity contribution in [1.82, 2.24) is 14.9 Å². The van der Waals surface area contributed by atoms with Gasteiger partial charge < -0.3 is 20.1 Å². The molecule has 0 aliphatic heterocycles. The maximum Gasteiger partial charge on any atom is 0.490 e. The number of nitrogens with zero attached hydrogens (tertiary/aromatic N) is 2. The fourth-order valence-electron chi connectivity index (χ4n) is 1.94. The number of fused-ring (bicyclic) bond motifs is 1. The smallest absolute Gasteiger partial charge is 0.481 e. The second-order valence-corrected chi connectivity index (χ2v) is 8.07. The van der Waals surface area contributed by atoms with Gasteiger partial charge in [-0.3, -0.25) is 9.59 Å². The molecule has 0 radical (unpaired) electrons. The van der Waals surface area contributed by atoms with E-state index in [-0.39, 0.29) is 12.3 Å². The fourth-order valence-corrected chi connectivity index (χ4v) is 3.83. The van der Waals surface area contributed by atoms with E-state index in [9.17, 15) is 22.8 Å². The largest absolute Gasteiger partial charge is 0.490 e. The quantitative estimate of drug-likeness (QED) is 0.412. The molecule has 0 spiro atoms. The summed E-state index contributed by atoms with van der Waals surface area (Å²) in [7, 11) is 4.94. The summed E-state index contributed by atoms with van der Waals surface area (Å²) in [5, 5.41) is 19.5. The molecular formula is C16H18F3N3O5S2. The maximum atomic E-state index is 12.2. The first-order valence-corrected chi connectivity index (χ1v) is 10.5. The lowest BCUT2D eigenvalue weighted by molar-refractivity contribution is -0.192. The van der Waals surface area contributed by atoms with Crippen molar-refractivity contribution in [2.45, 2.75) is 12.6 Å². The molecule has 3 N–H and O–H groups in total. The molecule has 8 nitrogen and oxygen atoms in total. The van der Waals surface area contributed by atoms with Crippen molar-refractivity contribution in [2.75, 3.05) is 18.1 Å². The van der Waals surface area contributed by atoms with E-state index in [1.165, 1.54) is 10.8 Å². The molecule has 0 aromatic carbocycles. The summed E-state index contributed by atoms with van der Waals surface area (Å²) in [6.45, 7) is 0.520. The van der Waals surface area contributed by atoms with Crippen LogP contribution in [0.1, 0.15) is 16.9 Å². The molecule has 29 heavy (non-hydrogen) atoms. The highest BCUT2D eigenvalue weighted by molar-refractivity contribution is 8.76. The minimum absolute atomic E-state index is 0.156. The minimum Gasteiger partial charge on any atom is -0.481 e. The lowest BCUT2D eigenvalue weighted by atomic mass is 10.2. The molecule has 160 valence electrons. The van der Waals surface area contributed by atoms with Crippen molar-refractivity contribution < 1.29 is 37.8 Å². The highest BCUT2D eigenvalue weighted by Crippen LogP contribution is 2.21. The number of carboxylic acids is 2. The number of rotatable bonds is 8. The zero-order chi connectivity index (χ0) is 22.0. The first-order valence-electron chi connectivity index (χ1n) is 7.98. The second-order valence-electron chi connectivity index (χ2n) is 5.37. The van der Waals surface area contributed by atoms with Gasteiger partial charge in [-0.05, 0) is 12.1 Å². The highest BCUT2D eigenvalue weighted by atomic mass is 33.1. The van der Waals surface area contributed by atoms with Crippen LogP contribution >= 0.6 is 21.6 Å². The summed E-state index contributed by atoms with van der Waals surface area (Å²) >= 11 is 0. The fraction of sp³-hybridized carbons (Fsp3) is 0.375. The third-order valence-electron chi connectivity index (χ3n) is 3.20. The number of hydrogen-bond donors (Lipinski definition) is 3. The molecule has 0 aliphatic carbocycles. The first kappa shape index (κ1) is 24.6. The summed E-state index contributed by atoms with van der Waals surface area (Å²) in [4.78, 5) is 35.6. The van der Waals surface area contributed by atoms with Crippen molar-refractivity contribution in [2.24, 2.45) is 7.05 Å². The molecule has 2 heterocycles. The number of carboxylic acid groups (broad SMARTS) is 2. The number of aromatic nitrogens is 2. The molecule has 2 aromatic heterocycles. The van der Waals surface area contributed by atoms with E-state index in [0.29, 0.717) is 18.0 Å². The Morgan fingerprint density at radius 1 is 1.17 bits per heavy atom. The Hall–Kier alpha value is -2.41. The molecular weight excluding hydrogens is 435 g/mol. The number of aliphatic carboxylic acids is 2. The molecule has 0 saturated carbocycles. The predicted molar refractivity (Wildman–Crippen MR) is 104 cm³/mol. The number of pyridine rings is 1. The van der Waals surface area contributed by atoms with Gasteiger partial charge in [0.2, 0.25) is 0 Å². The Morgan fingerprint density at radius 3 is 2.38 bits per heavy atom. The van der Waals surface area contributed by atoms with Crippen molar-refractivity contribution in [3.05, 3.63) is 30.2 Å². The molecule has 0 saturated heterocycles. The zero-order valence-corrected chi connectivity index (χ0v) is 16.7. The molecule has 2 aromatic rings. The van der Waals surface area contributed by atoms with Gasteiger partial charge in [0, 0.05) is 42.9 Å². The summed E-state index contributed by atoms with van der Waals surface area (Å²) < 4.78 is 33.6. The predicted octanol–water partition coefficient (Wildman–Crippen LogP) is 2.79. The lowest BCUT2D eigenvalue weighted by Crippen LogP contribution is -2.27. The lowest BCUT2D eigenvalue weighted by Gasteiger charge is -2.06. The van der Waals surface area contributed by atoms with Crippen molar-refractivity contribution >= 4 is 50.3 Å².